The van der Waals surface area contributed by atoms with E-state index >= 15 is 0 Å². The molecule has 1 heterocycles. The monoisotopic (exact) mass is 314 g/mol. The molecule has 0 amide bonds. The molecular weight excluding hydrogens is 300 g/mol. The number of carboxylic acids is 1. The standard InChI is InChI=1S/C17H14O6/c1-22-11-5-2-9(3-6-11)16-15(19)14(18)12-8-10(17(20)21)4-7-13(12)23-16/h2-8,15-16,19H,1H3,(H,20,21). The average molecular weight is 314 g/mol. The first-order valence-electron chi connectivity index (χ1n) is 6.91. The number of hydrogen-bond donors (Lipinski definition) is 2. The topological polar surface area (TPSA) is 93.1 Å². The lowest BCUT2D eigenvalue weighted by atomic mass is 9.92. The highest BCUT2D eigenvalue weighted by molar-refractivity contribution is 6.04. The minimum atomic E-state index is -1.40. The Hall–Kier alpha value is -2.86. The first-order valence-corrected chi connectivity index (χ1v) is 6.91. The van der Waals surface area contributed by atoms with E-state index < -0.39 is 24.0 Å². The first-order chi connectivity index (χ1) is 11.0. The second-order valence-corrected chi connectivity index (χ2v) is 5.14. The van der Waals surface area contributed by atoms with Crippen molar-refractivity contribution in [2.45, 2.75) is 12.2 Å². The van der Waals surface area contributed by atoms with Crippen molar-refractivity contribution < 1.29 is 29.3 Å². The van der Waals surface area contributed by atoms with Crippen LogP contribution in [-0.2, 0) is 0 Å². The van der Waals surface area contributed by atoms with E-state index in [0.717, 1.165) is 0 Å². The van der Waals surface area contributed by atoms with Gasteiger partial charge in [0.25, 0.3) is 0 Å². The van der Waals surface area contributed by atoms with Gasteiger partial charge in [-0.3, -0.25) is 4.79 Å². The number of rotatable bonds is 3. The van der Waals surface area contributed by atoms with Crippen molar-refractivity contribution in [3.8, 4) is 11.5 Å². The Morgan fingerprint density at radius 3 is 2.48 bits per heavy atom. The molecule has 2 atom stereocenters. The van der Waals surface area contributed by atoms with E-state index in [-0.39, 0.29) is 16.9 Å². The molecule has 0 saturated heterocycles. The summed E-state index contributed by atoms with van der Waals surface area (Å²) < 4.78 is 10.8. The van der Waals surface area contributed by atoms with Crippen molar-refractivity contribution >= 4 is 11.8 Å². The van der Waals surface area contributed by atoms with Crippen LogP contribution < -0.4 is 9.47 Å². The Kier molecular flexibility index (Phi) is 3.75. The zero-order valence-corrected chi connectivity index (χ0v) is 12.2. The van der Waals surface area contributed by atoms with E-state index in [1.54, 1.807) is 31.4 Å². The van der Waals surface area contributed by atoms with Crippen LogP contribution in [0.15, 0.2) is 42.5 Å². The molecule has 0 fully saturated rings. The molecule has 0 saturated carbocycles. The lowest BCUT2D eigenvalue weighted by molar-refractivity contribution is 0.0216. The van der Waals surface area contributed by atoms with Crippen LogP contribution in [-0.4, -0.2) is 35.2 Å². The molecule has 2 aromatic rings. The second-order valence-electron chi connectivity index (χ2n) is 5.14. The van der Waals surface area contributed by atoms with Gasteiger partial charge in [-0.05, 0) is 35.9 Å². The number of Topliss-reactive ketones (excluding diaryl/α,β-unsaturated/α-hetero) is 1. The molecule has 0 bridgehead atoms. The van der Waals surface area contributed by atoms with Crippen LogP contribution in [0.2, 0.25) is 0 Å². The van der Waals surface area contributed by atoms with E-state index in [1.807, 2.05) is 0 Å². The molecule has 0 radical (unpaired) electrons. The van der Waals surface area contributed by atoms with Gasteiger partial charge < -0.3 is 19.7 Å². The third-order valence-corrected chi connectivity index (χ3v) is 3.75. The number of hydrogen-bond acceptors (Lipinski definition) is 5. The number of methoxy groups -OCH3 is 1. The SMILES string of the molecule is COc1ccc(C2Oc3ccc(C(=O)O)cc3C(=O)C2O)cc1. The molecule has 6 heteroatoms. The van der Waals surface area contributed by atoms with Crippen LogP contribution in [0, 0.1) is 0 Å². The molecule has 1 aliphatic heterocycles. The summed E-state index contributed by atoms with van der Waals surface area (Å²) >= 11 is 0. The summed E-state index contributed by atoms with van der Waals surface area (Å²) in [6.45, 7) is 0. The summed E-state index contributed by atoms with van der Waals surface area (Å²) in [5.41, 5.74) is 0.664. The Morgan fingerprint density at radius 2 is 1.87 bits per heavy atom. The number of aliphatic hydroxyl groups is 1. The summed E-state index contributed by atoms with van der Waals surface area (Å²) in [7, 11) is 1.54. The minimum Gasteiger partial charge on any atom is -0.497 e. The van der Waals surface area contributed by atoms with Crippen molar-refractivity contribution in [3.05, 3.63) is 59.2 Å². The van der Waals surface area contributed by atoms with Crippen LogP contribution >= 0.6 is 0 Å². The van der Waals surface area contributed by atoms with Crippen LogP contribution in [0.25, 0.3) is 0 Å². The van der Waals surface area contributed by atoms with Gasteiger partial charge in [-0.1, -0.05) is 12.1 Å². The maximum absolute atomic E-state index is 12.4. The van der Waals surface area contributed by atoms with E-state index in [9.17, 15) is 14.7 Å². The lowest BCUT2D eigenvalue weighted by Gasteiger charge is -2.30. The largest absolute Gasteiger partial charge is 0.497 e. The number of carbonyl (C=O) groups is 2. The number of aliphatic hydroxyl groups excluding tert-OH is 1. The molecule has 118 valence electrons. The van der Waals surface area contributed by atoms with Crippen LogP contribution in [0.1, 0.15) is 32.4 Å². The Morgan fingerprint density at radius 1 is 1.17 bits per heavy atom. The van der Waals surface area contributed by atoms with Crippen LogP contribution in [0.4, 0.5) is 0 Å². The number of carbonyl (C=O) groups excluding carboxylic acids is 1. The third-order valence-electron chi connectivity index (χ3n) is 3.75. The molecule has 0 spiro atoms. The Balaban J connectivity index is 1.97. The fourth-order valence-corrected chi connectivity index (χ4v) is 2.50. The Bertz CT molecular complexity index is 765. The van der Waals surface area contributed by atoms with Crippen molar-refractivity contribution in [1.82, 2.24) is 0 Å². The number of fused-ring (bicyclic) bond motifs is 1. The van der Waals surface area contributed by atoms with E-state index in [2.05, 4.69) is 0 Å². The van der Waals surface area contributed by atoms with E-state index in [4.69, 9.17) is 14.6 Å². The van der Waals surface area contributed by atoms with Gasteiger partial charge >= 0.3 is 5.97 Å². The van der Waals surface area contributed by atoms with Crippen molar-refractivity contribution in [2.75, 3.05) is 7.11 Å². The van der Waals surface area contributed by atoms with Crippen molar-refractivity contribution in [1.29, 1.82) is 0 Å². The highest BCUT2D eigenvalue weighted by Gasteiger charge is 2.37. The lowest BCUT2D eigenvalue weighted by Crippen LogP contribution is -2.36. The summed E-state index contributed by atoms with van der Waals surface area (Å²) in [6, 6.07) is 10.8. The van der Waals surface area contributed by atoms with Gasteiger partial charge in [0.15, 0.2) is 18.0 Å². The zero-order valence-electron chi connectivity index (χ0n) is 12.2. The molecular formula is C17H14O6. The maximum atomic E-state index is 12.4. The van der Waals surface area contributed by atoms with Gasteiger partial charge in [-0.2, -0.15) is 0 Å². The van der Waals surface area contributed by atoms with E-state index in [1.165, 1.54) is 18.2 Å². The summed E-state index contributed by atoms with van der Waals surface area (Å²) in [5, 5.41) is 19.2. The summed E-state index contributed by atoms with van der Waals surface area (Å²) in [4.78, 5) is 23.3. The summed E-state index contributed by atoms with van der Waals surface area (Å²) in [6.07, 6.45) is -2.25. The number of aromatic carboxylic acids is 1. The smallest absolute Gasteiger partial charge is 0.335 e. The van der Waals surface area contributed by atoms with Gasteiger partial charge in [0.1, 0.15) is 11.5 Å². The average Bonchev–Trinajstić information content (AvgIpc) is 2.57. The third kappa shape index (κ3) is 2.64. The number of ether oxygens (including phenoxy) is 2. The molecule has 23 heavy (non-hydrogen) atoms. The number of carboxylic acid groups (broad SMARTS) is 1. The Labute approximate surface area is 131 Å². The summed E-state index contributed by atoms with van der Waals surface area (Å²) in [5.74, 6) is -0.800. The van der Waals surface area contributed by atoms with Gasteiger partial charge in [0, 0.05) is 0 Å². The van der Waals surface area contributed by atoms with Crippen LogP contribution in [0.5, 0.6) is 11.5 Å². The predicted octanol–water partition coefficient (Wildman–Crippen LogP) is 2.07. The molecule has 2 N–H and O–H groups in total. The van der Waals surface area contributed by atoms with Gasteiger partial charge in [-0.25, -0.2) is 4.79 Å². The number of benzene rings is 2. The van der Waals surface area contributed by atoms with E-state index in [0.29, 0.717) is 11.3 Å². The maximum Gasteiger partial charge on any atom is 0.335 e. The molecule has 2 aromatic carbocycles. The number of ketones is 1. The molecule has 0 aliphatic carbocycles. The minimum absolute atomic E-state index is 0.0317. The fraction of sp³-hybridized carbons (Fsp3) is 0.176. The molecule has 2 unspecified atom stereocenters. The van der Waals surface area contributed by atoms with Crippen molar-refractivity contribution in [3.63, 3.8) is 0 Å². The second kappa shape index (κ2) is 5.73. The normalized spacial score (nSPS) is 19.7. The highest BCUT2D eigenvalue weighted by Crippen LogP contribution is 2.36. The molecule has 0 aromatic heterocycles. The first kappa shape index (κ1) is 15.1. The van der Waals surface area contributed by atoms with Gasteiger partial charge in [-0.15, -0.1) is 0 Å². The van der Waals surface area contributed by atoms with Gasteiger partial charge in [0.05, 0.1) is 18.2 Å². The highest BCUT2D eigenvalue weighted by atomic mass is 16.5. The molecule has 3 rings (SSSR count). The molecule has 6 nitrogen and oxygen atoms in total. The predicted molar refractivity (Wildman–Crippen MR) is 80.1 cm³/mol. The molecule has 1 aliphatic rings. The van der Waals surface area contributed by atoms with Crippen molar-refractivity contribution in [2.24, 2.45) is 0 Å². The van der Waals surface area contributed by atoms with Gasteiger partial charge in [0.2, 0.25) is 0 Å². The quantitative estimate of drug-likeness (QED) is 0.901. The zero-order chi connectivity index (χ0) is 16.6. The van der Waals surface area contributed by atoms with Crippen LogP contribution in [0.3, 0.4) is 0 Å². The fourth-order valence-electron chi connectivity index (χ4n) is 2.50.